The number of thioether (sulfide) groups is 1. The fourth-order valence-corrected chi connectivity index (χ4v) is 3.46. The van der Waals surface area contributed by atoms with Crippen LogP contribution in [0.3, 0.4) is 0 Å². The second-order valence-corrected chi connectivity index (χ2v) is 8.54. The van der Waals surface area contributed by atoms with Gasteiger partial charge in [-0.15, -0.1) is 0 Å². The predicted molar refractivity (Wildman–Crippen MR) is 112 cm³/mol. The van der Waals surface area contributed by atoms with Crippen LogP contribution in [0.2, 0.25) is 0 Å². The third kappa shape index (κ3) is 6.94. The van der Waals surface area contributed by atoms with Crippen LogP contribution in [-0.4, -0.2) is 101 Å². The highest BCUT2D eigenvalue weighted by Crippen LogP contribution is 2.31. The fraction of sp³-hybridized carbons (Fsp3) is 0.600. The Morgan fingerprint density at radius 1 is 1.31 bits per heavy atom. The number of hydrogen-bond acceptors (Lipinski definition) is 12. The topological polar surface area (TPSA) is 243 Å². The number of hydrogen-bond donors (Lipinski definition) is 7. The lowest BCUT2D eigenvalue weighted by Crippen LogP contribution is -2.44. The van der Waals surface area contributed by atoms with Gasteiger partial charge in [0.15, 0.2) is 17.7 Å². The molecule has 0 amide bonds. The Balaban J connectivity index is 0.000000654. The van der Waals surface area contributed by atoms with E-state index in [0.29, 0.717) is 23.3 Å². The SMILES string of the molecule is CSCCC(NC[C@H]1O[C@@H](n2cnc3c(N)ncnc32)[C@H](O)[C@@H]1O)C(=O)O.O=S(=O)(O)O. The second-order valence-electron chi connectivity index (χ2n) is 6.66. The number of nitrogens with zero attached hydrogens (tertiary/aromatic N) is 4. The van der Waals surface area contributed by atoms with Crippen LogP contribution in [0.4, 0.5) is 5.82 Å². The van der Waals surface area contributed by atoms with Gasteiger partial charge in [-0.1, -0.05) is 0 Å². The highest BCUT2D eigenvalue weighted by atomic mass is 32.3. The van der Waals surface area contributed by atoms with Gasteiger partial charge in [0.1, 0.15) is 36.2 Å². The van der Waals surface area contributed by atoms with Crippen LogP contribution < -0.4 is 11.1 Å². The molecule has 0 aromatic carbocycles. The van der Waals surface area contributed by atoms with Crippen LogP contribution in [0.1, 0.15) is 12.6 Å². The Morgan fingerprint density at radius 2 is 1.97 bits per heavy atom. The first-order valence-electron chi connectivity index (χ1n) is 9.03. The summed E-state index contributed by atoms with van der Waals surface area (Å²) in [5.41, 5.74) is 6.50. The van der Waals surface area contributed by atoms with Crippen molar-refractivity contribution in [3.05, 3.63) is 12.7 Å². The third-order valence-electron chi connectivity index (χ3n) is 4.47. The van der Waals surface area contributed by atoms with Crippen LogP contribution in [-0.2, 0) is 19.9 Å². The number of carboxylic acids is 1. The molecule has 0 radical (unpaired) electrons. The number of aliphatic hydroxyl groups is 2. The number of imidazole rings is 1. The summed E-state index contributed by atoms with van der Waals surface area (Å²) in [5, 5.41) is 32.9. The molecule has 1 unspecified atom stereocenters. The maximum atomic E-state index is 11.3. The third-order valence-corrected chi connectivity index (χ3v) is 5.12. The maximum absolute atomic E-state index is 11.3. The zero-order valence-electron chi connectivity index (χ0n) is 16.7. The number of aliphatic hydroxyl groups excluding tert-OH is 2. The molecule has 180 valence electrons. The summed E-state index contributed by atoms with van der Waals surface area (Å²) in [4.78, 5) is 23.4. The van der Waals surface area contributed by atoms with E-state index in [2.05, 4.69) is 20.3 Å². The minimum absolute atomic E-state index is 0.0732. The molecule has 1 aliphatic heterocycles. The van der Waals surface area contributed by atoms with Gasteiger partial charge in [0.25, 0.3) is 0 Å². The molecule has 17 heteroatoms. The minimum Gasteiger partial charge on any atom is -0.480 e. The van der Waals surface area contributed by atoms with Gasteiger partial charge in [-0.2, -0.15) is 20.2 Å². The van der Waals surface area contributed by atoms with Gasteiger partial charge >= 0.3 is 16.4 Å². The maximum Gasteiger partial charge on any atom is 0.394 e. The van der Waals surface area contributed by atoms with E-state index < -0.39 is 46.9 Å². The number of carbonyl (C=O) groups is 1. The van der Waals surface area contributed by atoms with Gasteiger partial charge in [0.2, 0.25) is 0 Å². The Kier molecular flexibility index (Phi) is 9.10. The zero-order valence-corrected chi connectivity index (χ0v) is 18.3. The lowest BCUT2D eigenvalue weighted by molar-refractivity contribution is -0.139. The number of carboxylic acid groups (broad SMARTS) is 1. The molecular formula is C15H24N6O9S2. The number of nitrogens with two attached hydrogens (primary N) is 1. The van der Waals surface area contributed by atoms with Crippen LogP contribution in [0.15, 0.2) is 12.7 Å². The summed E-state index contributed by atoms with van der Waals surface area (Å²) >= 11 is 1.55. The first-order valence-corrected chi connectivity index (χ1v) is 11.8. The van der Waals surface area contributed by atoms with Crippen molar-refractivity contribution in [2.75, 3.05) is 24.3 Å². The van der Waals surface area contributed by atoms with Gasteiger partial charge < -0.3 is 31.1 Å². The van der Waals surface area contributed by atoms with Crippen molar-refractivity contribution in [1.82, 2.24) is 24.8 Å². The van der Waals surface area contributed by atoms with Crippen molar-refractivity contribution in [2.24, 2.45) is 0 Å². The predicted octanol–water partition coefficient (Wildman–Crippen LogP) is -1.83. The molecule has 3 rings (SSSR count). The van der Waals surface area contributed by atoms with Crippen molar-refractivity contribution in [1.29, 1.82) is 0 Å². The molecule has 2 aromatic heterocycles. The highest BCUT2D eigenvalue weighted by Gasteiger charge is 2.44. The van der Waals surface area contributed by atoms with E-state index in [1.54, 1.807) is 11.8 Å². The molecule has 8 N–H and O–H groups in total. The van der Waals surface area contributed by atoms with Gasteiger partial charge in [0, 0.05) is 6.54 Å². The molecule has 0 spiro atoms. The molecule has 0 saturated carbocycles. The Morgan fingerprint density at radius 3 is 2.56 bits per heavy atom. The number of ether oxygens (including phenoxy) is 1. The molecule has 0 aliphatic carbocycles. The molecule has 15 nitrogen and oxygen atoms in total. The number of fused-ring (bicyclic) bond motifs is 1. The van der Waals surface area contributed by atoms with Gasteiger partial charge in [-0.3, -0.25) is 18.5 Å². The minimum atomic E-state index is -4.67. The van der Waals surface area contributed by atoms with Gasteiger partial charge in [-0.25, -0.2) is 15.0 Å². The molecule has 5 atom stereocenters. The second kappa shape index (κ2) is 11.1. The summed E-state index contributed by atoms with van der Waals surface area (Å²) in [6.07, 6.45) is 0.858. The quantitative estimate of drug-likeness (QED) is 0.199. The number of nitrogens with one attached hydrogen (secondary N) is 1. The molecule has 1 saturated heterocycles. The van der Waals surface area contributed by atoms with E-state index in [9.17, 15) is 20.1 Å². The Bertz CT molecular complexity index is 1010. The number of aliphatic carboxylic acids is 1. The van der Waals surface area contributed by atoms with Crippen LogP contribution in [0, 0.1) is 0 Å². The normalized spacial score (nSPS) is 24.2. The fourth-order valence-electron chi connectivity index (χ4n) is 2.99. The van der Waals surface area contributed by atoms with Crippen LogP contribution in [0.5, 0.6) is 0 Å². The van der Waals surface area contributed by atoms with Crippen molar-refractivity contribution >= 4 is 45.1 Å². The van der Waals surface area contributed by atoms with E-state index in [4.69, 9.17) is 28.0 Å². The van der Waals surface area contributed by atoms with Crippen LogP contribution >= 0.6 is 11.8 Å². The van der Waals surface area contributed by atoms with E-state index in [0.717, 1.165) is 0 Å². The highest BCUT2D eigenvalue weighted by molar-refractivity contribution is 7.98. The summed E-state index contributed by atoms with van der Waals surface area (Å²) in [6.45, 7) is 0.0732. The lowest BCUT2D eigenvalue weighted by atomic mass is 10.1. The Hall–Kier alpha value is -2.12. The van der Waals surface area contributed by atoms with Crippen molar-refractivity contribution < 1.29 is 42.4 Å². The van der Waals surface area contributed by atoms with Crippen LogP contribution in [0.25, 0.3) is 11.2 Å². The number of anilines is 1. The lowest BCUT2D eigenvalue weighted by Gasteiger charge is -2.19. The first kappa shape index (κ1) is 26.1. The average molecular weight is 497 g/mol. The summed E-state index contributed by atoms with van der Waals surface area (Å²) < 4.78 is 38.8. The molecule has 0 bridgehead atoms. The van der Waals surface area contributed by atoms with Crippen molar-refractivity contribution in [2.45, 2.75) is 37.0 Å². The monoisotopic (exact) mass is 496 g/mol. The van der Waals surface area contributed by atoms with E-state index in [1.807, 2.05) is 6.26 Å². The molecule has 1 fully saturated rings. The largest absolute Gasteiger partial charge is 0.480 e. The van der Waals surface area contributed by atoms with Crippen molar-refractivity contribution in [3.63, 3.8) is 0 Å². The van der Waals surface area contributed by atoms with Gasteiger partial charge in [-0.05, 0) is 18.4 Å². The van der Waals surface area contributed by atoms with E-state index in [1.165, 1.54) is 17.2 Å². The summed E-state index contributed by atoms with van der Waals surface area (Å²) in [5.74, 6) is -0.0876. The molecule has 3 heterocycles. The first-order chi connectivity index (χ1) is 14.9. The van der Waals surface area contributed by atoms with Gasteiger partial charge in [0.05, 0.1) is 6.33 Å². The average Bonchev–Trinajstić information content (AvgIpc) is 3.23. The number of rotatable bonds is 8. The molecule has 32 heavy (non-hydrogen) atoms. The zero-order chi connectivity index (χ0) is 24.1. The summed E-state index contributed by atoms with van der Waals surface area (Å²) in [7, 11) is -4.67. The van der Waals surface area contributed by atoms with E-state index in [-0.39, 0.29) is 12.4 Å². The molecule has 2 aromatic rings. The number of nitrogen functional groups attached to an aromatic ring is 1. The summed E-state index contributed by atoms with van der Waals surface area (Å²) in [6, 6.07) is -0.758. The smallest absolute Gasteiger partial charge is 0.394 e. The number of aromatic nitrogens is 4. The standard InChI is InChI=1S/C15H22N6O5S.H2O4S/c1-27-3-2-7(15(24)25)17-4-8-10(22)11(23)14(26-8)21-6-20-9-12(16)18-5-19-13(9)21;1-5(2,3)4/h5-8,10-11,14,17,22-23H,2-4H2,1H3,(H,24,25)(H2,16,18,19);(H2,1,2,3,4)/t7?,8-,10-,11-,14-;/m1./s1. The molecular weight excluding hydrogens is 472 g/mol. The Labute approximate surface area is 186 Å². The molecule has 1 aliphatic rings. The van der Waals surface area contributed by atoms with Crippen molar-refractivity contribution in [3.8, 4) is 0 Å². The van der Waals surface area contributed by atoms with E-state index >= 15 is 0 Å².